The van der Waals surface area contributed by atoms with Crippen LogP contribution in [-0.4, -0.2) is 37.2 Å². The van der Waals surface area contributed by atoms with Gasteiger partial charge < -0.3 is 16.0 Å². The molecule has 126 valence electrons. The monoisotopic (exact) mass is 323 g/mol. The Labute approximate surface area is 143 Å². The second kappa shape index (κ2) is 7.01. The number of aromatic nitrogens is 2. The number of hydrogen-bond donors (Lipinski definition) is 2. The molecule has 5 heteroatoms. The van der Waals surface area contributed by atoms with Crippen molar-refractivity contribution in [3.05, 3.63) is 53.6 Å². The summed E-state index contributed by atoms with van der Waals surface area (Å²) >= 11 is 0. The molecule has 1 aliphatic rings. The minimum Gasteiger partial charge on any atom is -0.387 e. The largest absolute Gasteiger partial charge is 0.387 e. The maximum Gasteiger partial charge on any atom is 0.126 e. The minimum absolute atomic E-state index is 0.363. The van der Waals surface area contributed by atoms with E-state index >= 15 is 0 Å². The average molecular weight is 323 g/mol. The van der Waals surface area contributed by atoms with Crippen molar-refractivity contribution in [2.24, 2.45) is 5.73 Å². The molecule has 2 aromatic rings. The molecular weight excluding hydrogens is 298 g/mol. The first-order valence-corrected chi connectivity index (χ1v) is 8.33. The van der Waals surface area contributed by atoms with Crippen molar-refractivity contribution >= 4 is 5.69 Å². The SMILES string of the molecule is Cc1nc(-c2ccc(N(C)C)cc2)cc(C2CC=C(CN)NC2)n1. The van der Waals surface area contributed by atoms with Crippen LogP contribution in [0, 0.1) is 6.92 Å². The normalized spacial score (nSPS) is 17.2. The Morgan fingerprint density at radius 1 is 1.21 bits per heavy atom. The zero-order valence-corrected chi connectivity index (χ0v) is 14.6. The van der Waals surface area contributed by atoms with Crippen LogP contribution in [0.4, 0.5) is 5.69 Å². The van der Waals surface area contributed by atoms with Gasteiger partial charge in [0.1, 0.15) is 5.82 Å². The summed E-state index contributed by atoms with van der Waals surface area (Å²) in [7, 11) is 4.09. The molecule has 0 saturated carbocycles. The maximum absolute atomic E-state index is 5.69. The Balaban J connectivity index is 1.88. The topological polar surface area (TPSA) is 67.1 Å². The van der Waals surface area contributed by atoms with E-state index in [2.05, 4.69) is 56.6 Å². The number of benzene rings is 1. The molecule has 0 fully saturated rings. The molecule has 1 atom stereocenters. The van der Waals surface area contributed by atoms with E-state index in [1.165, 1.54) is 5.69 Å². The van der Waals surface area contributed by atoms with Crippen LogP contribution in [0.5, 0.6) is 0 Å². The van der Waals surface area contributed by atoms with Gasteiger partial charge in [-0.1, -0.05) is 18.2 Å². The van der Waals surface area contributed by atoms with E-state index in [0.29, 0.717) is 12.5 Å². The summed E-state index contributed by atoms with van der Waals surface area (Å²) in [5.41, 5.74) is 11.2. The lowest BCUT2D eigenvalue weighted by Gasteiger charge is -2.23. The zero-order chi connectivity index (χ0) is 17.1. The smallest absolute Gasteiger partial charge is 0.126 e. The van der Waals surface area contributed by atoms with Gasteiger partial charge in [0.2, 0.25) is 0 Å². The van der Waals surface area contributed by atoms with Crippen LogP contribution in [0.3, 0.4) is 0 Å². The van der Waals surface area contributed by atoms with E-state index in [9.17, 15) is 0 Å². The lowest BCUT2D eigenvalue weighted by Crippen LogP contribution is -2.29. The number of hydrogen-bond acceptors (Lipinski definition) is 5. The fraction of sp³-hybridized carbons (Fsp3) is 0.368. The third kappa shape index (κ3) is 3.57. The number of allylic oxidation sites excluding steroid dienone is 1. The van der Waals surface area contributed by atoms with Crippen LogP contribution < -0.4 is 16.0 Å². The van der Waals surface area contributed by atoms with E-state index in [1.807, 2.05) is 21.0 Å². The van der Waals surface area contributed by atoms with E-state index < -0.39 is 0 Å². The third-order valence-corrected chi connectivity index (χ3v) is 4.40. The Kier molecular flexibility index (Phi) is 4.81. The second-order valence-corrected chi connectivity index (χ2v) is 6.41. The number of aryl methyl sites for hydroxylation is 1. The summed E-state index contributed by atoms with van der Waals surface area (Å²) in [6.07, 6.45) is 3.14. The van der Waals surface area contributed by atoms with Crippen molar-refractivity contribution in [3.8, 4) is 11.3 Å². The Bertz CT molecular complexity index is 734. The first kappa shape index (κ1) is 16.5. The van der Waals surface area contributed by atoms with E-state index in [4.69, 9.17) is 5.73 Å². The van der Waals surface area contributed by atoms with Crippen LogP contribution >= 0.6 is 0 Å². The molecule has 1 aromatic carbocycles. The molecule has 1 aliphatic heterocycles. The summed E-state index contributed by atoms with van der Waals surface area (Å²) in [5, 5.41) is 3.39. The summed E-state index contributed by atoms with van der Waals surface area (Å²) in [4.78, 5) is 11.4. The van der Waals surface area contributed by atoms with Crippen LogP contribution in [0.2, 0.25) is 0 Å². The number of anilines is 1. The van der Waals surface area contributed by atoms with Gasteiger partial charge in [-0.2, -0.15) is 0 Å². The molecule has 0 amide bonds. The predicted octanol–water partition coefficient (Wildman–Crippen LogP) is 2.44. The third-order valence-electron chi connectivity index (χ3n) is 4.40. The van der Waals surface area contributed by atoms with Crippen LogP contribution in [0.15, 0.2) is 42.1 Å². The molecule has 0 bridgehead atoms. The molecule has 3 rings (SSSR count). The van der Waals surface area contributed by atoms with Crippen LogP contribution in [-0.2, 0) is 0 Å². The molecule has 1 aromatic heterocycles. The molecule has 0 spiro atoms. The van der Waals surface area contributed by atoms with Gasteiger partial charge in [-0.3, -0.25) is 0 Å². The first-order chi connectivity index (χ1) is 11.6. The highest BCUT2D eigenvalue weighted by Crippen LogP contribution is 2.26. The lowest BCUT2D eigenvalue weighted by molar-refractivity contribution is 0.579. The van der Waals surface area contributed by atoms with Crippen LogP contribution in [0.1, 0.15) is 23.9 Å². The van der Waals surface area contributed by atoms with Gasteiger partial charge >= 0.3 is 0 Å². The Hall–Kier alpha value is -2.40. The second-order valence-electron chi connectivity index (χ2n) is 6.41. The fourth-order valence-corrected chi connectivity index (χ4v) is 2.95. The summed E-state index contributed by atoms with van der Waals surface area (Å²) in [6.45, 7) is 3.40. The molecule has 0 saturated heterocycles. The van der Waals surface area contributed by atoms with Crippen molar-refractivity contribution in [1.82, 2.24) is 15.3 Å². The molecule has 0 radical (unpaired) electrons. The van der Waals surface area contributed by atoms with Crippen molar-refractivity contribution in [3.63, 3.8) is 0 Å². The quantitative estimate of drug-likeness (QED) is 0.904. The van der Waals surface area contributed by atoms with Gasteiger partial charge in [0, 0.05) is 55.7 Å². The highest BCUT2D eigenvalue weighted by atomic mass is 15.1. The van der Waals surface area contributed by atoms with Gasteiger partial charge in [0.25, 0.3) is 0 Å². The molecule has 1 unspecified atom stereocenters. The maximum atomic E-state index is 5.69. The molecule has 5 nitrogen and oxygen atoms in total. The van der Waals surface area contributed by atoms with Gasteiger partial charge in [0.15, 0.2) is 0 Å². The van der Waals surface area contributed by atoms with Crippen LogP contribution in [0.25, 0.3) is 11.3 Å². The number of nitrogens with two attached hydrogens (primary N) is 1. The molecule has 24 heavy (non-hydrogen) atoms. The van der Waals surface area contributed by atoms with E-state index in [1.54, 1.807) is 0 Å². The van der Waals surface area contributed by atoms with Gasteiger partial charge in [-0.15, -0.1) is 0 Å². The standard InChI is InChI=1S/C19H25N5/c1-13-22-18(14-5-8-17(9-6-14)24(2)3)10-19(23-13)15-4-7-16(11-20)21-12-15/h5-10,15,21H,4,11-12,20H2,1-3H3. The molecule has 2 heterocycles. The fourth-order valence-electron chi connectivity index (χ4n) is 2.95. The van der Waals surface area contributed by atoms with E-state index in [0.717, 1.165) is 41.4 Å². The van der Waals surface area contributed by atoms with Crippen molar-refractivity contribution in [1.29, 1.82) is 0 Å². The van der Waals surface area contributed by atoms with Gasteiger partial charge in [-0.25, -0.2) is 9.97 Å². The highest BCUT2D eigenvalue weighted by molar-refractivity contribution is 5.63. The van der Waals surface area contributed by atoms with Gasteiger partial charge in [0.05, 0.1) is 5.69 Å². The van der Waals surface area contributed by atoms with Crippen molar-refractivity contribution in [2.45, 2.75) is 19.3 Å². The first-order valence-electron chi connectivity index (χ1n) is 8.33. The molecule has 0 aliphatic carbocycles. The Morgan fingerprint density at radius 2 is 1.96 bits per heavy atom. The molecular formula is C19H25N5. The summed E-state index contributed by atoms with van der Waals surface area (Å²) in [6, 6.07) is 10.6. The zero-order valence-electron chi connectivity index (χ0n) is 14.6. The summed E-state index contributed by atoms with van der Waals surface area (Å²) in [5.74, 6) is 1.18. The lowest BCUT2D eigenvalue weighted by atomic mass is 9.96. The van der Waals surface area contributed by atoms with Gasteiger partial charge in [-0.05, 0) is 31.5 Å². The number of nitrogens with zero attached hydrogens (tertiary/aromatic N) is 3. The minimum atomic E-state index is 0.363. The average Bonchev–Trinajstić information content (AvgIpc) is 2.61. The van der Waals surface area contributed by atoms with E-state index in [-0.39, 0.29) is 0 Å². The van der Waals surface area contributed by atoms with Crippen molar-refractivity contribution in [2.75, 3.05) is 32.1 Å². The predicted molar refractivity (Wildman–Crippen MR) is 99.0 cm³/mol. The van der Waals surface area contributed by atoms with Crippen molar-refractivity contribution < 1.29 is 0 Å². The molecule has 3 N–H and O–H groups in total. The highest BCUT2D eigenvalue weighted by Gasteiger charge is 2.18. The number of nitrogens with one attached hydrogen (secondary N) is 1. The number of rotatable bonds is 4. The Morgan fingerprint density at radius 3 is 2.54 bits per heavy atom. The summed E-state index contributed by atoms with van der Waals surface area (Å²) < 4.78 is 0.